The Morgan fingerprint density at radius 2 is 1.29 bits per heavy atom. The number of carbonyl (C=O) groups excluding carboxylic acids is 1. The number of rotatable bonds is 0. The maximum atomic E-state index is 11.6. The molecule has 1 N–H and O–H groups in total. The van der Waals surface area contributed by atoms with E-state index in [1.54, 1.807) is 0 Å². The third kappa shape index (κ3) is 1.74. The second kappa shape index (κ2) is 4.94. The Morgan fingerprint density at radius 3 is 1.92 bits per heavy atom. The van der Waals surface area contributed by atoms with E-state index in [4.69, 9.17) is 9.47 Å². The fourth-order valence-electron chi connectivity index (χ4n) is 3.99. The van der Waals surface area contributed by atoms with Crippen molar-refractivity contribution in [2.75, 3.05) is 0 Å². The Labute approximate surface area is 146 Å². The average Bonchev–Trinajstić information content (AvgIpc) is 3.01. The van der Waals surface area contributed by atoms with Crippen molar-refractivity contribution in [3.05, 3.63) is 59.7 Å². The van der Waals surface area contributed by atoms with E-state index in [1.807, 2.05) is 36.4 Å². The summed E-state index contributed by atoms with van der Waals surface area (Å²) in [6, 6.07) is 16.1. The van der Waals surface area contributed by atoms with Crippen LogP contribution in [0.2, 0.25) is 0 Å². The molecule has 1 heterocycles. The summed E-state index contributed by atoms with van der Waals surface area (Å²) >= 11 is 3.69. The summed E-state index contributed by atoms with van der Waals surface area (Å²) in [5.74, 6) is 0. The van der Waals surface area contributed by atoms with Crippen molar-refractivity contribution in [3.63, 3.8) is 0 Å². The molecule has 4 atom stereocenters. The molecule has 5 heteroatoms. The Balaban J connectivity index is 1.94. The second-order valence-electron chi connectivity index (χ2n) is 6.18. The minimum atomic E-state index is -0.917. The average molecular weight is 385 g/mol. The first-order chi connectivity index (χ1) is 11.7. The van der Waals surface area contributed by atoms with E-state index >= 15 is 0 Å². The van der Waals surface area contributed by atoms with Gasteiger partial charge in [0.15, 0.2) is 12.2 Å². The number of carbonyl (C=O) groups is 1. The minimum Gasteiger partial charge on any atom is -0.425 e. The molecule has 1 aliphatic carbocycles. The van der Waals surface area contributed by atoms with Crippen LogP contribution in [0.1, 0.15) is 22.1 Å². The molecule has 1 fully saturated rings. The maximum Gasteiger partial charge on any atom is 0.509 e. The Bertz CT molecular complexity index is 920. The minimum absolute atomic E-state index is 0.234. The van der Waals surface area contributed by atoms with E-state index in [0.29, 0.717) is 0 Å². The molecule has 3 aromatic rings. The summed E-state index contributed by atoms with van der Waals surface area (Å²) in [5.41, 5.74) is 1.78. The monoisotopic (exact) mass is 384 g/mol. The predicted molar refractivity (Wildman–Crippen MR) is 93.2 cm³/mol. The van der Waals surface area contributed by atoms with E-state index < -0.39 is 24.5 Å². The van der Waals surface area contributed by atoms with Gasteiger partial charge in [-0.15, -0.1) is 0 Å². The van der Waals surface area contributed by atoms with Gasteiger partial charge in [-0.1, -0.05) is 64.5 Å². The Hall–Kier alpha value is -2.11. The molecule has 0 saturated carbocycles. The van der Waals surface area contributed by atoms with Crippen molar-refractivity contribution < 1.29 is 19.4 Å². The van der Waals surface area contributed by atoms with Gasteiger partial charge in [-0.05, 0) is 32.7 Å². The van der Waals surface area contributed by atoms with Crippen LogP contribution in [0, 0.1) is 0 Å². The lowest BCUT2D eigenvalue weighted by Crippen LogP contribution is -2.37. The van der Waals surface area contributed by atoms with E-state index in [9.17, 15) is 9.90 Å². The molecule has 5 rings (SSSR count). The first-order valence-corrected chi connectivity index (χ1v) is 8.71. The van der Waals surface area contributed by atoms with Crippen LogP contribution < -0.4 is 0 Å². The lowest BCUT2D eigenvalue weighted by molar-refractivity contribution is 0.00462. The molecule has 1 aliphatic heterocycles. The maximum absolute atomic E-state index is 11.6. The van der Waals surface area contributed by atoms with Crippen LogP contribution in [0.5, 0.6) is 0 Å². The first kappa shape index (κ1) is 14.3. The highest BCUT2D eigenvalue weighted by atomic mass is 79.9. The molecular weight excluding hydrogens is 372 g/mol. The zero-order valence-corrected chi connectivity index (χ0v) is 14.1. The quantitative estimate of drug-likeness (QED) is 0.355. The first-order valence-electron chi connectivity index (χ1n) is 7.79. The topological polar surface area (TPSA) is 55.8 Å². The van der Waals surface area contributed by atoms with E-state index in [-0.39, 0.29) is 4.83 Å². The van der Waals surface area contributed by atoms with Gasteiger partial charge in [0, 0.05) is 0 Å². The third-order valence-corrected chi connectivity index (χ3v) is 5.95. The highest BCUT2D eigenvalue weighted by Crippen LogP contribution is 2.51. The zero-order chi connectivity index (χ0) is 16.4. The molecule has 120 valence electrons. The van der Waals surface area contributed by atoms with Crippen LogP contribution in [0.3, 0.4) is 0 Å². The van der Waals surface area contributed by atoms with Gasteiger partial charge in [0.1, 0.15) is 6.10 Å². The largest absolute Gasteiger partial charge is 0.509 e. The van der Waals surface area contributed by atoms with Crippen LogP contribution in [-0.4, -0.2) is 23.5 Å². The van der Waals surface area contributed by atoms with Crippen LogP contribution >= 0.6 is 15.9 Å². The SMILES string of the molecule is O=C1O[C@@H]2[C@H](O1)[C@@H](Br)c1c(c3ccccc3c3ccccc13)[C@H]2O. The summed E-state index contributed by atoms with van der Waals surface area (Å²) in [6.07, 6.45) is -2.88. The number of aliphatic hydroxyl groups excluding tert-OH is 1. The van der Waals surface area contributed by atoms with Crippen LogP contribution in [0.25, 0.3) is 21.5 Å². The normalized spacial score (nSPS) is 28.3. The standard InChI is InChI=1S/C19H13BrO4/c20-15-13-11-7-3-1-5-9(11)10-6-2-4-8-12(10)14(13)16(21)18-17(15)23-19(22)24-18/h1-8,15-18,21H/t15-,16+,17+,18-/m0/s1. The number of ether oxygens (including phenoxy) is 2. The van der Waals surface area contributed by atoms with Gasteiger partial charge >= 0.3 is 6.16 Å². The van der Waals surface area contributed by atoms with Crippen LogP contribution in [-0.2, 0) is 9.47 Å². The van der Waals surface area contributed by atoms with Crippen LogP contribution in [0.15, 0.2) is 48.5 Å². The number of alkyl halides is 1. The summed E-state index contributed by atoms with van der Waals surface area (Å²) in [4.78, 5) is 11.4. The lowest BCUT2D eigenvalue weighted by Gasteiger charge is -2.34. The second-order valence-corrected chi connectivity index (χ2v) is 7.17. The van der Waals surface area contributed by atoms with Gasteiger partial charge in [-0.3, -0.25) is 0 Å². The fourth-order valence-corrected chi connectivity index (χ4v) is 4.90. The van der Waals surface area contributed by atoms with Crippen molar-refractivity contribution in [2.24, 2.45) is 0 Å². The number of benzene rings is 3. The molecule has 2 aliphatic rings. The van der Waals surface area contributed by atoms with Gasteiger partial charge < -0.3 is 14.6 Å². The van der Waals surface area contributed by atoms with Crippen LogP contribution in [0.4, 0.5) is 4.79 Å². The molecule has 0 aromatic heterocycles. The van der Waals surface area contributed by atoms with Crippen molar-refractivity contribution in [3.8, 4) is 0 Å². The van der Waals surface area contributed by atoms with Gasteiger partial charge in [0.2, 0.25) is 0 Å². The van der Waals surface area contributed by atoms with Gasteiger partial charge in [-0.25, -0.2) is 4.79 Å². The van der Waals surface area contributed by atoms with Gasteiger partial charge in [-0.2, -0.15) is 0 Å². The molecule has 1 saturated heterocycles. The smallest absolute Gasteiger partial charge is 0.425 e. The Morgan fingerprint density at radius 1 is 0.792 bits per heavy atom. The summed E-state index contributed by atoms with van der Waals surface area (Å²) in [5, 5.41) is 15.2. The fraction of sp³-hybridized carbons (Fsp3) is 0.211. The summed E-state index contributed by atoms with van der Waals surface area (Å²) < 4.78 is 10.5. The highest BCUT2D eigenvalue weighted by Gasteiger charge is 2.51. The lowest BCUT2D eigenvalue weighted by atomic mass is 9.79. The summed E-state index contributed by atoms with van der Waals surface area (Å²) in [6.45, 7) is 0. The number of aliphatic hydroxyl groups is 1. The molecule has 3 aromatic carbocycles. The van der Waals surface area contributed by atoms with Crippen molar-refractivity contribution in [1.82, 2.24) is 0 Å². The van der Waals surface area contributed by atoms with Crippen molar-refractivity contribution >= 4 is 43.6 Å². The molecular formula is C19H13BrO4. The molecule has 0 spiro atoms. The molecule has 0 unspecified atom stereocenters. The Kier molecular flexibility index (Phi) is 2.94. The van der Waals surface area contributed by atoms with E-state index in [2.05, 4.69) is 28.1 Å². The van der Waals surface area contributed by atoms with Crippen molar-refractivity contribution in [1.29, 1.82) is 0 Å². The third-order valence-electron chi connectivity index (χ3n) is 4.97. The van der Waals surface area contributed by atoms with Gasteiger partial charge in [0.25, 0.3) is 0 Å². The number of hydrogen-bond donors (Lipinski definition) is 1. The predicted octanol–water partition coefficient (Wildman–Crippen LogP) is 4.38. The molecule has 4 nitrogen and oxygen atoms in total. The number of fused-ring (bicyclic) bond motifs is 7. The zero-order valence-electron chi connectivity index (χ0n) is 12.5. The molecule has 0 bridgehead atoms. The van der Waals surface area contributed by atoms with E-state index in [1.165, 1.54) is 0 Å². The highest BCUT2D eigenvalue weighted by molar-refractivity contribution is 9.09. The van der Waals surface area contributed by atoms with E-state index in [0.717, 1.165) is 32.7 Å². The number of hydrogen-bond acceptors (Lipinski definition) is 4. The number of halogens is 1. The summed E-state index contributed by atoms with van der Waals surface area (Å²) in [7, 11) is 0. The van der Waals surface area contributed by atoms with Gasteiger partial charge in [0.05, 0.1) is 4.83 Å². The molecule has 0 amide bonds. The molecule has 24 heavy (non-hydrogen) atoms. The molecule has 0 radical (unpaired) electrons. The van der Waals surface area contributed by atoms with Crippen molar-refractivity contribution in [2.45, 2.75) is 23.1 Å².